The fourth-order valence-electron chi connectivity index (χ4n) is 2.78. The maximum absolute atomic E-state index is 12.5. The van der Waals surface area contributed by atoms with Gasteiger partial charge in [-0.3, -0.25) is 0 Å². The van der Waals surface area contributed by atoms with E-state index in [2.05, 4.69) is 4.72 Å². The molecule has 1 atom stereocenters. The van der Waals surface area contributed by atoms with Crippen LogP contribution in [0.2, 0.25) is 0 Å². The minimum Gasteiger partial charge on any atom is -0.383 e. The quantitative estimate of drug-likeness (QED) is 0.674. The number of hydrogen-bond acceptors (Lipinski definition) is 4. The molecule has 0 fully saturated rings. The zero-order chi connectivity index (χ0) is 18.7. The van der Waals surface area contributed by atoms with Gasteiger partial charge < -0.3 is 5.11 Å². The third-order valence-electron chi connectivity index (χ3n) is 4.12. The van der Waals surface area contributed by atoms with Crippen LogP contribution in [0, 0.1) is 13.8 Å². The second-order valence-corrected chi connectivity index (χ2v) is 9.15. The molecule has 3 aromatic rings. The van der Waals surface area contributed by atoms with Gasteiger partial charge in [0.1, 0.15) is 6.10 Å². The maximum Gasteiger partial charge on any atom is 0.241 e. The lowest BCUT2D eigenvalue weighted by Gasteiger charge is -2.10. The highest BCUT2D eigenvalue weighted by molar-refractivity contribution is 7.89. The van der Waals surface area contributed by atoms with E-state index in [9.17, 15) is 13.5 Å². The predicted octanol–water partition coefficient (Wildman–Crippen LogP) is 3.93. The van der Waals surface area contributed by atoms with Gasteiger partial charge in [0.15, 0.2) is 0 Å². The highest BCUT2D eigenvalue weighted by Gasteiger charge is 2.18. The van der Waals surface area contributed by atoms with Crippen LogP contribution in [0.1, 0.15) is 32.5 Å². The lowest BCUT2D eigenvalue weighted by Crippen LogP contribution is -2.23. The number of thiophene rings is 1. The lowest BCUT2D eigenvalue weighted by atomic mass is 10.1. The Bertz CT molecular complexity index is 995. The molecule has 0 saturated carbocycles. The van der Waals surface area contributed by atoms with Crippen molar-refractivity contribution in [2.75, 3.05) is 0 Å². The fourth-order valence-corrected chi connectivity index (χ4v) is 5.07. The first kappa shape index (κ1) is 18.8. The first-order chi connectivity index (χ1) is 12.4. The van der Waals surface area contributed by atoms with E-state index in [0.717, 1.165) is 26.4 Å². The molecule has 0 spiro atoms. The summed E-state index contributed by atoms with van der Waals surface area (Å²) in [4.78, 5) is 1.93. The predicted molar refractivity (Wildman–Crippen MR) is 105 cm³/mol. The van der Waals surface area contributed by atoms with Gasteiger partial charge in [-0.05, 0) is 43.2 Å². The molecule has 4 nitrogen and oxygen atoms in total. The molecule has 1 heterocycles. The van der Waals surface area contributed by atoms with Gasteiger partial charge in [-0.2, -0.15) is 0 Å². The average molecular weight is 388 g/mol. The molecular weight excluding hydrogens is 366 g/mol. The van der Waals surface area contributed by atoms with Gasteiger partial charge in [0.05, 0.1) is 4.90 Å². The number of aryl methyl sites for hydroxylation is 2. The van der Waals surface area contributed by atoms with Crippen molar-refractivity contribution in [3.8, 4) is 0 Å². The summed E-state index contributed by atoms with van der Waals surface area (Å²) in [5, 5.41) is 10.4. The smallest absolute Gasteiger partial charge is 0.241 e. The summed E-state index contributed by atoms with van der Waals surface area (Å²) in [7, 11) is -3.57. The molecule has 2 aromatic carbocycles. The third kappa shape index (κ3) is 4.22. The fraction of sp³-hybridized carbons (Fsp3) is 0.200. The largest absolute Gasteiger partial charge is 0.383 e. The summed E-state index contributed by atoms with van der Waals surface area (Å²) in [6.07, 6.45) is -0.703. The van der Waals surface area contributed by atoms with Crippen LogP contribution in [0.3, 0.4) is 0 Å². The van der Waals surface area contributed by atoms with E-state index in [1.807, 2.05) is 55.5 Å². The Kier molecular flexibility index (Phi) is 5.58. The standard InChI is InChI=1S/C20H21NO3S2/c1-14-8-11-19(15(2)12-14)26(23,24)21-13-17-9-10-18(25-17)20(22)16-6-4-3-5-7-16/h3-12,20-22H,13H2,1-2H3. The number of aliphatic hydroxyl groups excluding tert-OH is 1. The van der Waals surface area contributed by atoms with Crippen molar-refractivity contribution in [3.63, 3.8) is 0 Å². The zero-order valence-corrected chi connectivity index (χ0v) is 16.3. The molecule has 0 aliphatic rings. The summed E-state index contributed by atoms with van der Waals surface area (Å²) in [5.74, 6) is 0. The summed E-state index contributed by atoms with van der Waals surface area (Å²) in [6.45, 7) is 3.92. The number of aliphatic hydroxyl groups is 1. The van der Waals surface area contributed by atoms with Crippen LogP contribution in [0.25, 0.3) is 0 Å². The van der Waals surface area contributed by atoms with Crippen molar-refractivity contribution in [1.82, 2.24) is 4.72 Å². The monoisotopic (exact) mass is 387 g/mol. The molecular formula is C20H21NO3S2. The number of rotatable bonds is 6. The van der Waals surface area contributed by atoms with Crippen LogP contribution in [-0.2, 0) is 16.6 Å². The Morgan fingerprint density at radius 2 is 1.77 bits per heavy atom. The second kappa shape index (κ2) is 7.72. The molecule has 0 aliphatic heterocycles. The Labute approximate surface area is 158 Å². The highest BCUT2D eigenvalue weighted by atomic mass is 32.2. The van der Waals surface area contributed by atoms with E-state index in [4.69, 9.17) is 0 Å². The number of benzene rings is 2. The minimum atomic E-state index is -3.57. The minimum absolute atomic E-state index is 0.196. The summed E-state index contributed by atoms with van der Waals surface area (Å²) in [5.41, 5.74) is 2.57. The lowest BCUT2D eigenvalue weighted by molar-refractivity contribution is 0.224. The third-order valence-corrected chi connectivity index (χ3v) is 6.82. The van der Waals surface area contributed by atoms with Gasteiger partial charge in [0.25, 0.3) is 0 Å². The van der Waals surface area contributed by atoms with E-state index in [1.165, 1.54) is 11.3 Å². The Morgan fingerprint density at radius 3 is 2.46 bits per heavy atom. The van der Waals surface area contributed by atoms with E-state index in [0.29, 0.717) is 4.90 Å². The van der Waals surface area contributed by atoms with Crippen molar-refractivity contribution in [2.24, 2.45) is 0 Å². The Balaban J connectivity index is 1.71. The van der Waals surface area contributed by atoms with Gasteiger partial charge >= 0.3 is 0 Å². The van der Waals surface area contributed by atoms with E-state index in [1.54, 1.807) is 19.1 Å². The topological polar surface area (TPSA) is 66.4 Å². The molecule has 0 aliphatic carbocycles. The van der Waals surface area contributed by atoms with Gasteiger partial charge in [-0.25, -0.2) is 13.1 Å². The molecule has 2 N–H and O–H groups in total. The van der Waals surface area contributed by atoms with Gasteiger partial charge in [-0.1, -0.05) is 48.0 Å². The molecule has 26 heavy (non-hydrogen) atoms. The molecule has 0 amide bonds. The number of nitrogens with one attached hydrogen (secondary N) is 1. The Hall–Kier alpha value is -1.99. The van der Waals surface area contributed by atoms with Crippen molar-refractivity contribution in [3.05, 3.63) is 87.1 Å². The summed E-state index contributed by atoms with van der Waals surface area (Å²) >= 11 is 1.40. The SMILES string of the molecule is Cc1ccc(S(=O)(=O)NCc2ccc(C(O)c3ccccc3)s2)c(C)c1. The van der Waals surface area contributed by atoms with Crippen LogP contribution in [0.15, 0.2) is 65.6 Å². The molecule has 3 rings (SSSR count). The van der Waals surface area contributed by atoms with Crippen LogP contribution >= 0.6 is 11.3 Å². The molecule has 0 saturated heterocycles. The molecule has 1 unspecified atom stereocenters. The van der Waals surface area contributed by atoms with Crippen molar-refractivity contribution in [2.45, 2.75) is 31.4 Å². The summed E-state index contributed by atoms with van der Waals surface area (Å²) in [6, 6.07) is 18.4. The molecule has 0 radical (unpaired) electrons. The maximum atomic E-state index is 12.5. The zero-order valence-electron chi connectivity index (χ0n) is 14.6. The first-order valence-corrected chi connectivity index (χ1v) is 10.6. The van der Waals surface area contributed by atoms with Crippen LogP contribution in [0.4, 0.5) is 0 Å². The molecule has 6 heteroatoms. The van der Waals surface area contributed by atoms with Gasteiger partial charge in [0.2, 0.25) is 10.0 Å². The average Bonchev–Trinajstić information content (AvgIpc) is 3.09. The number of sulfonamides is 1. The van der Waals surface area contributed by atoms with Crippen molar-refractivity contribution in [1.29, 1.82) is 0 Å². The van der Waals surface area contributed by atoms with E-state index >= 15 is 0 Å². The second-order valence-electron chi connectivity index (χ2n) is 6.21. The van der Waals surface area contributed by atoms with Crippen molar-refractivity contribution >= 4 is 21.4 Å². The normalized spacial score (nSPS) is 12.9. The number of hydrogen-bond donors (Lipinski definition) is 2. The molecule has 136 valence electrons. The van der Waals surface area contributed by atoms with E-state index in [-0.39, 0.29) is 6.54 Å². The highest BCUT2D eigenvalue weighted by Crippen LogP contribution is 2.28. The van der Waals surface area contributed by atoms with Crippen LogP contribution in [0.5, 0.6) is 0 Å². The molecule has 1 aromatic heterocycles. The summed E-state index contributed by atoms with van der Waals surface area (Å²) < 4.78 is 27.7. The van der Waals surface area contributed by atoms with Gasteiger partial charge in [-0.15, -0.1) is 11.3 Å². The first-order valence-electron chi connectivity index (χ1n) is 8.25. The van der Waals surface area contributed by atoms with Gasteiger partial charge in [0, 0.05) is 16.3 Å². The van der Waals surface area contributed by atoms with Crippen LogP contribution in [-0.4, -0.2) is 13.5 Å². The van der Waals surface area contributed by atoms with Crippen LogP contribution < -0.4 is 4.72 Å². The van der Waals surface area contributed by atoms with Crippen molar-refractivity contribution < 1.29 is 13.5 Å². The molecule has 0 bridgehead atoms. The Morgan fingerprint density at radius 1 is 1.04 bits per heavy atom. The van der Waals surface area contributed by atoms with E-state index < -0.39 is 16.1 Å².